The van der Waals surface area contributed by atoms with Gasteiger partial charge in [-0.15, -0.1) is 0 Å². The molecular weight excluding hydrogens is 278 g/mol. The molecule has 0 atom stereocenters. The number of esters is 1. The van der Waals surface area contributed by atoms with Gasteiger partial charge in [0.1, 0.15) is 0 Å². The fourth-order valence-electron chi connectivity index (χ4n) is 2.32. The van der Waals surface area contributed by atoms with Gasteiger partial charge in [0.2, 0.25) is 0 Å². The van der Waals surface area contributed by atoms with E-state index in [4.69, 9.17) is 4.74 Å². The zero-order chi connectivity index (χ0) is 16.1. The number of Topliss-reactive ketones (excluding diaryl/α,β-unsaturated/α-hetero) is 1. The maximum absolute atomic E-state index is 11.7. The number of aromatic nitrogens is 1. The molecule has 0 spiro atoms. The molecule has 2 rings (SSSR count). The highest BCUT2D eigenvalue weighted by Crippen LogP contribution is 2.14. The highest BCUT2D eigenvalue weighted by molar-refractivity contribution is 5.95. The van der Waals surface area contributed by atoms with Crippen LogP contribution < -0.4 is 0 Å². The summed E-state index contributed by atoms with van der Waals surface area (Å²) in [6.45, 7) is 6.59. The van der Waals surface area contributed by atoms with Crippen molar-refractivity contribution < 1.29 is 14.3 Å². The van der Waals surface area contributed by atoms with Crippen molar-refractivity contribution in [3.63, 3.8) is 0 Å². The number of carbonyl (C=O) groups excluding carboxylic acids is 2. The molecule has 1 heterocycles. The second kappa shape index (κ2) is 7.07. The molecule has 0 aliphatic carbocycles. The van der Waals surface area contributed by atoms with Crippen LogP contribution in [0.5, 0.6) is 0 Å². The summed E-state index contributed by atoms with van der Waals surface area (Å²) in [5.74, 6) is -0.213. The van der Waals surface area contributed by atoms with Crippen molar-refractivity contribution in [2.45, 2.75) is 33.7 Å². The first-order chi connectivity index (χ1) is 10.5. The lowest BCUT2D eigenvalue weighted by atomic mass is 10.1. The zero-order valence-electron chi connectivity index (χ0n) is 13.3. The van der Waals surface area contributed by atoms with Crippen LogP contribution in [-0.2, 0) is 11.3 Å². The summed E-state index contributed by atoms with van der Waals surface area (Å²) in [6, 6.07) is 9.22. The van der Waals surface area contributed by atoms with Crippen LogP contribution in [0.25, 0.3) is 0 Å². The molecule has 0 radical (unpaired) electrons. The molecule has 0 saturated heterocycles. The molecule has 4 heteroatoms. The van der Waals surface area contributed by atoms with Gasteiger partial charge in [0.05, 0.1) is 12.2 Å². The predicted molar refractivity (Wildman–Crippen MR) is 85.3 cm³/mol. The minimum Gasteiger partial charge on any atom is -0.462 e. The first kappa shape index (κ1) is 16.0. The Labute approximate surface area is 130 Å². The Bertz CT molecular complexity index is 668. The van der Waals surface area contributed by atoms with Gasteiger partial charge in [0.15, 0.2) is 5.78 Å². The Morgan fingerprint density at radius 1 is 1.14 bits per heavy atom. The Morgan fingerprint density at radius 3 is 2.36 bits per heavy atom. The van der Waals surface area contributed by atoms with Crippen LogP contribution in [0.1, 0.15) is 52.2 Å². The third-order valence-corrected chi connectivity index (χ3v) is 3.60. The first-order valence-electron chi connectivity index (χ1n) is 7.45. The maximum atomic E-state index is 11.7. The maximum Gasteiger partial charge on any atom is 0.338 e. The second-order valence-corrected chi connectivity index (χ2v) is 5.33. The predicted octanol–water partition coefficient (Wildman–Crippen LogP) is 3.61. The Kier molecular flexibility index (Phi) is 5.15. The van der Waals surface area contributed by atoms with Gasteiger partial charge < -0.3 is 9.30 Å². The average Bonchev–Trinajstić information content (AvgIpc) is 2.87. The molecule has 0 fully saturated rings. The first-order valence-corrected chi connectivity index (χ1v) is 7.45. The molecule has 116 valence electrons. The topological polar surface area (TPSA) is 48.3 Å². The zero-order valence-corrected chi connectivity index (χ0v) is 13.3. The molecule has 2 aromatic rings. The van der Waals surface area contributed by atoms with E-state index in [2.05, 4.69) is 0 Å². The third kappa shape index (κ3) is 3.64. The quantitative estimate of drug-likeness (QED) is 0.604. The van der Waals surface area contributed by atoms with E-state index < -0.39 is 0 Å². The van der Waals surface area contributed by atoms with E-state index in [1.54, 1.807) is 19.1 Å². The lowest BCUT2D eigenvalue weighted by Gasteiger charge is -2.08. The van der Waals surface area contributed by atoms with Gasteiger partial charge >= 0.3 is 5.97 Å². The fourth-order valence-corrected chi connectivity index (χ4v) is 2.32. The van der Waals surface area contributed by atoms with Crippen molar-refractivity contribution in [1.82, 2.24) is 4.57 Å². The lowest BCUT2D eigenvalue weighted by molar-refractivity contribution is 0.0505. The minimum atomic E-state index is -0.288. The standard InChI is InChI=1S/C18H21NO3/c1-4-11-22-18(21)16-7-5-15(6-8-16)12-19-10-9-17(13(19)2)14(3)20/h5-10H,4,11-12H2,1-3H3. The van der Waals surface area contributed by atoms with Crippen molar-refractivity contribution in [2.75, 3.05) is 6.61 Å². The lowest BCUT2D eigenvalue weighted by Crippen LogP contribution is -2.07. The third-order valence-electron chi connectivity index (χ3n) is 3.60. The average molecular weight is 299 g/mol. The molecule has 1 aromatic carbocycles. The van der Waals surface area contributed by atoms with Crippen molar-refractivity contribution in [3.05, 3.63) is 58.9 Å². The van der Waals surface area contributed by atoms with Gasteiger partial charge in [0.25, 0.3) is 0 Å². The molecule has 0 N–H and O–H groups in total. The molecule has 0 aliphatic heterocycles. The molecule has 0 aliphatic rings. The van der Waals surface area contributed by atoms with Gasteiger partial charge in [-0.05, 0) is 44.0 Å². The normalized spacial score (nSPS) is 10.5. The molecule has 1 aromatic heterocycles. The van der Waals surface area contributed by atoms with Crippen molar-refractivity contribution in [2.24, 2.45) is 0 Å². The van der Waals surface area contributed by atoms with E-state index >= 15 is 0 Å². The van der Waals surface area contributed by atoms with Crippen LogP contribution in [0.4, 0.5) is 0 Å². The number of hydrogen-bond acceptors (Lipinski definition) is 3. The second-order valence-electron chi connectivity index (χ2n) is 5.33. The molecular formula is C18H21NO3. The van der Waals surface area contributed by atoms with Gasteiger partial charge in [-0.1, -0.05) is 19.1 Å². The molecule has 22 heavy (non-hydrogen) atoms. The van der Waals surface area contributed by atoms with Crippen LogP contribution in [0, 0.1) is 6.92 Å². The molecule has 0 saturated carbocycles. The summed E-state index contributed by atoms with van der Waals surface area (Å²) in [6.07, 6.45) is 2.73. The van der Waals surface area contributed by atoms with Crippen molar-refractivity contribution >= 4 is 11.8 Å². The van der Waals surface area contributed by atoms with Crippen LogP contribution in [-0.4, -0.2) is 22.9 Å². The molecule has 0 bridgehead atoms. The van der Waals surface area contributed by atoms with Crippen molar-refractivity contribution in [1.29, 1.82) is 0 Å². The van der Waals surface area contributed by atoms with E-state index in [-0.39, 0.29) is 11.8 Å². The summed E-state index contributed by atoms with van der Waals surface area (Å²) >= 11 is 0. The Balaban J connectivity index is 2.08. The number of benzene rings is 1. The summed E-state index contributed by atoms with van der Waals surface area (Å²) < 4.78 is 7.13. The van der Waals surface area contributed by atoms with Crippen LogP contribution in [0.3, 0.4) is 0 Å². The van der Waals surface area contributed by atoms with E-state index in [1.165, 1.54) is 0 Å². The number of ketones is 1. The van der Waals surface area contributed by atoms with Gasteiger partial charge in [0, 0.05) is 24.0 Å². The number of ether oxygens (including phenoxy) is 1. The number of rotatable bonds is 6. The van der Waals surface area contributed by atoms with Gasteiger partial charge in [-0.3, -0.25) is 4.79 Å². The SMILES string of the molecule is CCCOC(=O)c1ccc(Cn2ccc(C(C)=O)c2C)cc1. The molecule has 4 nitrogen and oxygen atoms in total. The summed E-state index contributed by atoms with van der Waals surface area (Å²) in [7, 11) is 0. The minimum absolute atomic E-state index is 0.0743. The Hall–Kier alpha value is -2.36. The summed E-state index contributed by atoms with van der Waals surface area (Å²) in [4.78, 5) is 23.2. The van der Waals surface area contributed by atoms with Crippen LogP contribution in [0.2, 0.25) is 0 Å². The molecule has 0 unspecified atom stereocenters. The number of carbonyl (C=O) groups is 2. The largest absolute Gasteiger partial charge is 0.462 e. The highest BCUT2D eigenvalue weighted by atomic mass is 16.5. The fraction of sp³-hybridized carbons (Fsp3) is 0.333. The summed E-state index contributed by atoms with van der Waals surface area (Å²) in [5, 5.41) is 0. The van der Waals surface area contributed by atoms with E-state index in [1.807, 2.05) is 42.8 Å². The van der Waals surface area contributed by atoms with Crippen LogP contribution in [0.15, 0.2) is 36.5 Å². The monoisotopic (exact) mass is 299 g/mol. The van der Waals surface area contributed by atoms with Gasteiger partial charge in [-0.2, -0.15) is 0 Å². The van der Waals surface area contributed by atoms with E-state index in [0.717, 1.165) is 23.2 Å². The van der Waals surface area contributed by atoms with E-state index in [0.29, 0.717) is 18.7 Å². The van der Waals surface area contributed by atoms with Gasteiger partial charge in [-0.25, -0.2) is 4.79 Å². The molecule has 0 amide bonds. The highest BCUT2D eigenvalue weighted by Gasteiger charge is 2.10. The number of nitrogens with zero attached hydrogens (tertiary/aromatic N) is 1. The number of hydrogen-bond donors (Lipinski definition) is 0. The smallest absolute Gasteiger partial charge is 0.338 e. The van der Waals surface area contributed by atoms with E-state index in [9.17, 15) is 9.59 Å². The van der Waals surface area contributed by atoms with Crippen molar-refractivity contribution in [3.8, 4) is 0 Å². The Morgan fingerprint density at radius 2 is 1.82 bits per heavy atom. The van der Waals surface area contributed by atoms with Crippen LogP contribution >= 0.6 is 0 Å². The summed E-state index contributed by atoms with van der Waals surface area (Å²) in [5.41, 5.74) is 3.34.